The summed E-state index contributed by atoms with van der Waals surface area (Å²) in [6.45, 7) is 5.18. The number of nitrogens with two attached hydrogens (primary N) is 1. The summed E-state index contributed by atoms with van der Waals surface area (Å²) in [5.41, 5.74) is 5.83. The first-order valence-electron chi connectivity index (χ1n) is 6.37. The molecule has 0 heterocycles. The van der Waals surface area contributed by atoms with Crippen LogP contribution in [0.5, 0.6) is 5.75 Å². The van der Waals surface area contributed by atoms with E-state index in [2.05, 4.69) is 0 Å². The highest BCUT2D eigenvalue weighted by atomic mass is 19.1. The van der Waals surface area contributed by atoms with Crippen LogP contribution in [-0.4, -0.2) is 37.6 Å². The maximum absolute atomic E-state index is 13.7. The largest absolute Gasteiger partial charge is 0.491 e. The molecule has 1 aromatic rings. The number of rotatable bonds is 6. The quantitative estimate of drug-likeness (QED) is 0.857. The van der Waals surface area contributed by atoms with Crippen molar-refractivity contribution in [1.29, 1.82) is 0 Å². The predicted octanol–water partition coefficient (Wildman–Crippen LogP) is 1.89. The first-order chi connectivity index (χ1) is 8.99. The molecule has 106 valence electrons. The Bertz CT molecular complexity index is 437. The molecule has 0 spiro atoms. The van der Waals surface area contributed by atoms with Crippen molar-refractivity contribution >= 4 is 5.91 Å². The van der Waals surface area contributed by atoms with Gasteiger partial charge in [-0.3, -0.25) is 4.79 Å². The normalized spacial score (nSPS) is 12.1. The highest BCUT2D eigenvalue weighted by Crippen LogP contribution is 2.19. The van der Waals surface area contributed by atoms with E-state index in [-0.39, 0.29) is 17.6 Å². The standard InChI is InChI=1S/C14H21FN2O2/c1-4-19-13-6-5-11(7-12(13)15)14(18)17(3)9-10(2)8-16/h5-7,10H,4,8-9,16H2,1-3H3. The van der Waals surface area contributed by atoms with E-state index < -0.39 is 5.82 Å². The molecule has 0 aliphatic carbocycles. The summed E-state index contributed by atoms with van der Waals surface area (Å²) in [5.74, 6) is -0.367. The average molecular weight is 268 g/mol. The third kappa shape index (κ3) is 4.21. The molecule has 0 saturated heterocycles. The zero-order valence-corrected chi connectivity index (χ0v) is 11.6. The van der Waals surface area contributed by atoms with E-state index in [1.807, 2.05) is 6.92 Å². The zero-order chi connectivity index (χ0) is 14.4. The van der Waals surface area contributed by atoms with Gasteiger partial charge in [-0.2, -0.15) is 0 Å². The van der Waals surface area contributed by atoms with Crippen molar-refractivity contribution in [3.63, 3.8) is 0 Å². The smallest absolute Gasteiger partial charge is 0.253 e. The lowest BCUT2D eigenvalue weighted by molar-refractivity contribution is 0.0777. The fourth-order valence-electron chi connectivity index (χ4n) is 1.75. The maximum atomic E-state index is 13.7. The average Bonchev–Trinajstić information content (AvgIpc) is 2.40. The number of hydrogen-bond acceptors (Lipinski definition) is 3. The monoisotopic (exact) mass is 268 g/mol. The second-order valence-corrected chi connectivity index (χ2v) is 4.60. The van der Waals surface area contributed by atoms with Gasteiger partial charge >= 0.3 is 0 Å². The fraction of sp³-hybridized carbons (Fsp3) is 0.500. The Hall–Kier alpha value is -1.62. The number of ether oxygens (including phenoxy) is 1. The number of hydrogen-bond donors (Lipinski definition) is 1. The van der Waals surface area contributed by atoms with Crippen LogP contribution in [0.15, 0.2) is 18.2 Å². The zero-order valence-electron chi connectivity index (χ0n) is 11.6. The molecule has 0 saturated carbocycles. The SMILES string of the molecule is CCOc1ccc(C(=O)N(C)CC(C)CN)cc1F. The Kier molecular flexibility index (Phi) is 5.76. The van der Waals surface area contributed by atoms with Crippen LogP contribution < -0.4 is 10.5 Å². The Morgan fingerprint density at radius 1 is 1.53 bits per heavy atom. The highest BCUT2D eigenvalue weighted by molar-refractivity contribution is 5.94. The summed E-state index contributed by atoms with van der Waals surface area (Å²) >= 11 is 0. The minimum absolute atomic E-state index is 0.164. The molecule has 1 unspecified atom stereocenters. The minimum Gasteiger partial charge on any atom is -0.491 e. The van der Waals surface area contributed by atoms with Crippen LogP contribution in [0.2, 0.25) is 0 Å². The summed E-state index contributed by atoms with van der Waals surface area (Å²) in [5, 5.41) is 0. The molecule has 0 fully saturated rings. The van der Waals surface area contributed by atoms with E-state index in [1.54, 1.807) is 24.9 Å². The summed E-state index contributed by atoms with van der Waals surface area (Å²) in [7, 11) is 1.68. The van der Waals surface area contributed by atoms with Crippen LogP contribution in [0.4, 0.5) is 4.39 Å². The molecule has 0 aliphatic heterocycles. The van der Waals surface area contributed by atoms with Gasteiger partial charge < -0.3 is 15.4 Å². The first-order valence-corrected chi connectivity index (χ1v) is 6.37. The van der Waals surface area contributed by atoms with Crippen molar-refractivity contribution in [3.8, 4) is 5.75 Å². The molecule has 0 aromatic heterocycles. The van der Waals surface area contributed by atoms with Gasteiger partial charge in [-0.15, -0.1) is 0 Å². The summed E-state index contributed by atoms with van der Waals surface area (Å²) in [6, 6.07) is 4.25. The van der Waals surface area contributed by atoms with E-state index in [1.165, 1.54) is 12.1 Å². The van der Waals surface area contributed by atoms with Gasteiger partial charge in [-0.05, 0) is 37.6 Å². The van der Waals surface area contributed by atoms with Crippen LogP contribution in [0.3, 0.4) is 0 Å². The van der Waals surface area contributed by atoms with Crippen molar-refractivity contribution < 1.29 is 13.9 Å². The minimum atomic E-state index is -0.520. The van der Waals surface area contributed by atoms with Gasteiger partial charge in [0.05, 0.1) is 6.61 Å². The fourth-order valence-corrected chi connectivity index (χ4v) is 1.75. The number of halogens is 1. The molecule has 0 bridgehead atoms. The predicted molar refractivity (Wildman–Crippen MR) is 72.7 cm³/mol. The molecule has 4 nitrogen and oxygen atoms in total. The molecular weight excluding hydrogens is 247 g/mol. The van der Waals surface area contributed by atoms with Crippen LogP contribution in [0.25, 0.3) is 0 Å². The highest BCUT2D eigenvalue weighted by Gasteiger charge is 2.16. The number of carbonyl (C=O) groups is 1. The third-order valence-corrected chi connectivity index (χ3v) is 2.81. The first kappa shape index (κ1) is 15.4. The second kappa shape index (κ2) is 7.09. The number of nitrogens with zero attached hydrogens (tertiary/aromatic N) is 1. The van der Waals surface area contributed by atoms with Gasteiger partial charge in [0.1, 0.15) is 0 Å². The lowest BCUT2D eigenvalue weighted by Crippen LogP contribution is -2.33. The van der Waals surface area contributed by atoms with Crippen LogP contribution >= 0.6 is 0 Å². The summed E-state index contributed by atoms with van der Waals surface area (Å²) in [6.07, 6.45) is 0. The topological polar surface area (TPSA) is 55.6 Å². The van der Waals surface area contributed by atoms with E-state index in [0.29, 0.717) is 25.3 Å². The van der Waals surface area contributed by atoms with Crippen LogP contribution in [-0.2, 0) is 0 Å². The molecule has 2 N–H and O–H groups in total. The van der Waals surface area contributed by atoms with Crippen LogP contribution in [0.1, 0.15) is 24.2 Å². The Morgan fingerprint density at radius 2 is 2.21 bits per heavy atom. The van der Waals surface area contributed by atoms with Crippen molar-refractivity contribution in [2.75, 3.05) is 26.7 Å². The lowest BCUT2D eigenvalue weighted by Gasteiger charge is -2.21. The third-order valence-electron chi connectivity index (χ3n) is 2.81. The molecule has 1 amide bonds. The van der Waals surface area contributed by atoms with Gasteiger partial charge in [0.15, 0.2) is 11.6 Å². The number of carbonyl (C=O) groups excluding carboxylic acids is 1. The van der Waals surface area contributed by atoms with E-state index in [9.17, 15) is 9.18 Å². The van der Waals surface area contributed by atoms with E-state index in [0.717, 1.165) is 0 Å². The molecule has 5 heteroatoms. The Balaban J connectivity index is 2.79. The molecule has 0 radical (unpaired) electrons. The van der Waals surface area contributed by atoms with Gasteiger partial charge in [-0.1, -0.05) is 6.92 Å². The van der Waals surface area contributed by atoms with Crippen LogP contribution in [0, 0.1) is 11.7 Å². The van der Waals surface area contributed by atoms with Crippen molar-refractivity contribution in [3.05, 3.63) is 29.6 Å². The summed E-state index contributed by atoms with van der Waals surface area (Å²) < 4.78 is 18.8. The van der Waals surface area contributed by atoms with Gasteiger partial charge in [0.25, 0.3) is 5.91 Å². The Labute approximate surface area is 113 Å². The molecular formula is C14H21FN2O2. The van der Waals surface area contributed by atoms with Crippen molar-refractivity contribution in [2.45, 2.75) is 13.8 Å². The van der Waals surface area contributed by atoms with Gasteiger partial charge in [-0.25, -0.2) is 4.39 Å². The maximum Gasteiger partial charge on any atom is 0.253 e. The molecule has 1 rings (SSSR count). The lowest BCUT2D eigenvalue weighted by atomic mass is 10.1. The number of benzene rings is 1. The van der Waals surface area contributed by atoms with E-state index >= 15 is 0 Å². The van der Waals surface area contributed by atoms with Gasteiger partial charge in [0.2, 0.25) is 0 Å². The molecule has 0 aliphatic rings. The molecule has 1 aromatic carbocycles. The number of amides is 1. The van der Waals surface area contributed by atoms with E-state index in [4.69, 9.17) is 10.5 Å². The van der Waals surface area contributed by atoms with Crippen molar-refractivity contribution in [2.24, 2.45) is 11.7 Å². The molecule has 1 atom stereocenters. The van der Waals surface area contributed by atoms with Gasteiger partial charge in [0, 0.05) is 19.2 Å². The molecule has 19 heavy (non-hydrogen) atoms. The van der Waals surface area contributed by atoms with Crippen molar-refractivity contribution in [1.82, 2.24) is 4.90 Å². The second-order valence-electron chi connectivity index (χ2n) is 4.60. The summed E-state index contributed by atoms with van der Waals surface area (Å²) in [4.78, 5) is 13.6. The Morgan fingerprint density at radius 3 is 2.74 bits per heavy atom.